The summed E-state index contributed by atoms with van der Waals surface area (Å²) in [6.07, 6.45) is 2.48. The largest absolute Gasteiger partial charge is 0.339 e. The van der Waals surface area contributed by atoms with Gasteiger partial charge in [0.25, 0.3) is 5.91 Å². The molecule has 1 atom stereocenters. The highest BCUT2D eigenvalue weighted by molar-refractivity contribution is 5.97. The van der Waals surface area contributed by atoms with Crippen molar-refractivity contribution >= 4 is 16.9 Å². The van der Waals surface area contributed by atoms with Crippen molar-refractivity contribution in [2.75, 3.05) is 7.05 Å². The van der Waals surface area contributed by atoms with E-state index in [0.29, 0.717) is 17.5 Å². The highest BCUT2D eigenvalue weighted by Crippen LogP contribution is 2.35. The predicted molar refractivity (Wildman–Crippen MR) is 77.5 cm³/mol. The van der Waals surface area contributed by atoms with E-state index in [9.17, 15) is 4.79 Å². The fourth-order valence-electron chi connectivity index (χ4n) is 2.62. The standard InChI is InChI=1S/C15H20N4O/c1-4-19-14-8-7-12(9-13(14)16-17-19)15(20)18(3)10(2)11-5-6-11/h7-11H,4-6H2,1-3H3. The first-order chi connectivity index (χ1) is 9.61. The molecule has 3 rings (SSSR count). The molecule has 20 heavy (non-hydrogen) atoms. The second-order valence-corrected chi connectivity index (χ2v) is 5.60. The molecule has 0 spiro atoms. The summed E-state index contributed by atoms with van der Waals surface area (Å²) in [6.45, 7) is 4.93. The smallest absolute Gasteiger partial charge is 0.253 e. The molecule has 1 aromatic carbocycles. The Morgan fingerprint density at radius 2 is 2.25 bits per heavy atom. The maximum atomic E-state index is 12.5. The Hall–Kier alpha value is -1.91. The normalized spacial score (nSPS) is 16.4. The second kappa shape index (κ2) is 4.89. The lowest BCUT2D eigenvalue weighted by Gasteiger charge is -2.24. The number of benzene rings is 1. The van der Waals surface area contributed by atoms with E-state index in [-0.39, 0.29) is 5.91 Å². The number of rotatable bonds is 4. The van der Waals surface area contributed by atoms with Gasteiger partial charge in [-0.25, -0.2) is 4.68 Å². The van der Waals surface area contributed by atoms with Crippen LogP contribution in [0, 0.1) is 5.92 Å². The zero-order valence-corrected chi connectivity index (χ0v) is 12.2. The van der Waals surface area contributed by atoms with E-state index < -0.39 is 0 Å². The average molecular weight is 272 g/mol. The molecule has 1 aliphatic carbocycles. The molecule has 1 unspecified atom stereocenters. The molecule has 2 aromatic rings. The summed E-state index contributed by atoms with van der Waals surface area (Å²) in [5.74, 6) is 0.742. The van der Waals surface area contributed by atoms with Crippen LogP contribution < -0.4 is 0 Å². The molecule has 5 heteroatoms. The zero-order valence-electron chi connectivity index (χ0n) is 12.2. The Balaban J connectivity index is 1.87. The first kappa shape index (κ1) is 13.1. The molecule has 106 valence electrons. The minimum atomic E-state index is 0.0670. The minimum absolute atomic E-state index is 0.0670. The van der Waals surface area contributed by atoms with E-state index in [4.69, 9.17) is 0 Å². The van der Waals surface area contributed by atoms with E-state index in [1.807, 2.05) is 41.8 Å². The number of fused-ring (bicyclic) bond motifs is 1. The molecule has 0 saturated heterocycles. The van der Waals surface area contributed by atoms with Crippen molar-refractivity contribution in [3.05, 3.63) is 23.8 Å². The van der Waals surface area contributed by atoms with Crippen LogP contribution >= 0.6 is 0 Å². The molecular formula is C15H20N4O. The lowest BCUT2D eigenvalue weighted by Crippen LogP contribution is -2.36. The maximum absolute atomic E-state index is 12.5. The summed E-state index contributed by atoms with van der Waals surface area (Å²) < 4.78 is 1.83. The summed E-state index contributed by atoms with van der Waals surface area (Å²) in [6, 6.07) is 5.95. The molecule has 0 aliphatic heterocycles. The summed E-state index contributed by atoms with van der Waals surface area (Å²) in [5.41, 5.74) is 2.45. The first-order valence-corrected chi connectivity index (χ1v) is 7.22. The third-order valence-electron chi connectivity index (χ3n) is 4.30. The van der Waals surface area contributed by atoms with Gasteiger partial charge < -0.3 is 4.90 Å². The van der Waals surface area contributed by atoms with Gasteiger partial charge in [-0.1, -0.05) is 5.21 Å². The van der Waals surface area contributed by atoms with Crippen molar-refractivity contribution in [2.45, 2.75) is 39.3 Å². The Morgan fingerprint density at radius 1 is 1.50 bits per heavy atom. The molecule has 0 bridgehead atoms. The van der Waals surface area contributed by atoms with E-state index in [0.717, 1.165) is 17.6 Å². The molecule has 0 radical (unpaired) electrons. The van der Waals surface area contributed by atoms with Gasteiger partial charge in [0.1, 0.15) is 5.52 Å². The number of nitrogens with zero attached hydrogens (tertiary/aromatic N) is 4. The highest BCUT2D eigenvalue weighted by atomic mass is 16.2. The van der Waals surface area contributed by atoms with Gasteiger partial charge >= 0.3 is 0 Å². The van der Waals surface area contributed by atoms with Crippen molar-refractivity contribution < 1.29 is 4.79 Å². The van der Waals surface area contributed by atoms with Crippen LogP contribution in [0.2, 0.25) is 0 Å². The summed E-state index contributed by atoms with van der Waals surface area (Å²) in [4.78, 5) is 14.4. The van der Waals surface area contributed by atoms with Crippen LogP contribution in [0.3, 0.4) is 0 Å². The molecule has 1 saturated carbocycles. The molecule has 1 aliphatic rings. The van der Waals surface area contributed by atoms with Gasteiger partial charge in [-0.15, -0.1) is 5.10 Å². The molecule has 5 nitrogen and oxygen atoms in total. The summed E-state index contributed by atoms with van der Waals surface area (Å²) in [5, 5.41) is 8.20. The molecule has 1 fully saturated rings. The molecule has 1 amide bonds. The van der Waals surface area contributed by atoms with Gasteiger partial charge in [-0.05, 0) is 50.8 Å². The number of hydrogen-bond acceptors (Lipinski definition) is 3. The Kier molecular flexibility index (Phi) is 3.20. The third-order valence-corrected chi connectivity index (χ3v) is 4.30. The number of hydrogen-bond donors (Lipinski definition) is 0. The van der Waals surface area contributed by atoms with E-state index in [1.165, 1.54) is 12.8 Å². The molecular weight excluding hydrogens is 252 g/mol. The van der Waals surface area contributed by atoms with Gasteiger partial charge in [-0.3, -0.25) is 4.79 Å². The SMILES string of the molecule is CCn1nnc2cc(C(=O)N(C)C(C)C3CC3)ccc21. The fourth-order valence-corrected chi connectivity index (χ4v) is 2.62. The van der Waals surface area contributed by atoms with Gasteiger partial charge in [0.2, 0.25) is 0 Å². The second-order valence-electron chi connectivity index (χ2n) is 5.60. The number of carbonyl (C=O) groups excluding carboxylic acids is 1. The Labute approximate surface area is 118 Å². The van der Waals surface area contributed by atoms with Crippen LogP contribution in [-0.4, -0.2) is 38.9 Å². The van der Waals surface area contributed by atoms with Crippen molar-refractivity contribution in [1.82, 2.24) is 19.9 Å². The molecule has 1 heterocycles. The van der Waals surface area contributed by atoms with E-state index in [2.05, 4.69) is 17.2 Å². The van der Waals surface area contributed by atoms with E-state index >= 15 is 0 Å². The molecule has 1 aromatic heterocycles. The van der Waals surface area contributed by atoms with Crippen LogP contribution in [0.15, 0.2) is 18.2 Å². The van der Waals surface area contributed by atoms with E-state index in [1.54, 1.807) is 0 Å². The molecule has 0 N–H and O–H groups in total. The maximum Gasteiger partial charge on any atom is 0.253 e. The van der Waals surface area contributed by atoms with Gasteiger partial charge in [-0.2, -0.15) is 0 Å². The average Bonchev–Trinajstić information content (AvgIpc) is 3.24. The number of aromatic nitrogens is 3. The van der Waals surface area contributed by atoms with Crippen molar-refractivity contribution in [3.8, 4) is 0 Å². The van der Waals surface area contributed by atoms with Gasteiger partial charge in [0, 0.05) is 25.2 Å². The summed E-state index contributed by atoms with van der Waals surface area (Å²) in [7, 11) is 1.89. The lowest BCUT2D eigenvalue weighted by atomic mass is 10.1. The van der Waals surface area contributed by atoms with Crippen LogP contribution in [0.1, 0.15) is 37.0 Å². The third kappa shape index (κ3) is 2.17. The number of aryl methyl sites for hydroxylation is 1. The van der Waals surface area contributed by atoms with Crippen LogP contribution in [0.5, 0.6) is 0 Å². The van der Waals surface area contributed by atoms with Crippen molar-refractivity contribution in [1.29, 1.82) is 0 Å². The summed E-state index contributed by atoms with van der Waals surface area (Å²) >= 11 is 0. The van der Waals surface area contributed by atoms with Crippen molar-refractivity contribution in [2.24, 2.45) is 5.92 Å². The van der Waals surface area contributed by atoms with Gasteiger partial charge in [0.15, 0.2) is 0 Å². The highest BCUT2D eigenvalue weighted by Gasteiger charge is 2.32. The fraction of sp³-hybridized carbons (Fsp3) is 0.533. The number of carbonyl (C=O) groups is 1. The Morgan fingerprint density at radius 3 is 2.90 bits per heavy atom. The first-order valence-electron chi connectivity index (χ1n) is 7.22. The predicted octanol–water partition coefficient (Wildman–Crippen LogP) is 2.32. The Bertz CT molecular complexity index is 644. The lowest BCUT2D eigenvalue weighted by molar-refractivity contribution is 0.0727. The van der Waals surface area contributed by atoms with Gasteiger partial charge in [0.05, 0.1) is 5.52 Å². The zero-order chi connectivity index (χ0) is 14.3. The monoisotopic (exact) mass is 272 g/mol. The number of amides is 1. The minimum Gasteiger partial charge on any atom is -0.339 e. The van der Waals surface area contributed by atoms with Crippen LogP contribution in [-0.2, 0) is 6.54 Å². The topological polar surface area (TPSA) is 51.0 Å². The quantitative estimate of drug-likeness (QED) is 0.858. The van der Waals surface area contributed by atoms with Crippen molar-refractivity contribution in [3.63, 3.8) is 0 Å². The van der Waals surface area contributed by atoms with Crippen LogP contribution in [0.25, 0.3) is 11.0 Å². The van der Waals surface area contributed by atoms with Crippen LogP contribution in [0.4, 0.5) is 0 Å².